The molecule has 1 aromatic rings. The molecular weight excluding hydrogens is 240 g/mol. The van der Waals surface area contributed by atoms with Gasteiger partial charge in [-0.05, 0) is 37.1 Å². The number of carbonyl (C=O) groups is 1. The Hall–Kier alpha value is -1.55. The molecule has 0 atom stereocenters. The van der Waals surface area contributed by atoms with E-state index in [1.165, 1.54) is 0 Å². The summed E-state index contributed by atoms with van der Waals surface area (Å²) < 4.78 is 5.19. The van der Waals surface area contributed by atoms with E-state index in [-0.39, 0.29) is 5.91 Å². The van der Waals surface area contributed by atoms with Crippen molar-refractivity contribution in [2.45, 2.75) is 19.3 Å². The number of nitrogens with zero attached hydrogens (tertiary/aromatic N) is 1. The normalized spacial score (nSPS) is 15.9. The summed E-state index contributed by atoms with van der Waals surface area (Å²) >= 11 is 0. The van der Waals surface area contributed by atoms with Gasteiger partial charge in [-0.15, -0.1) is 0 Å². The van der Waals surface area contributed by atoms with E-state index < -0.39 is 0 Å². The maximum absolute atomic E-state index is 12.1. The fraction of sp³-hybridized carbons (Fsp3) is 0.533. The fourth-order valence-electron chi connectivity index (χ4n) is 2.33. The molecule has 1 heterocycles. The number of rotatable bonds is 4. The molecule has 0 aromatic heterocycles. The van der Waals surface area contributed by atoms with E-state index in [9.17, 15) is 4.79 Å². The molecule has 1 fully saturated rings. The highest BCUT2D eigenvalue weighted by molar-refractivity contribution is 5.76. The average Bonchev–Trinajstić information content (AvgIpc) is 2.74. The van der Waals surface area contributed by atoms with Crippen molar-refractivity contribution in [3.05, 3.63) is 29.8 Å². The molecular formula is C15H22N2O2. The number of ether oxygens (including phenoxy) is 1. The van der Waals surface area contributed by atoms with Gasteiger partial charge in [0, 0.05) is 26.1 Å². The van der Waals surface area contributed by atoms with Gasteiger partial charge in [0.15, 0.2) is 0 Å². The lowest BCUT2D eigenvalue weighted by Crippen LogP contribution is -2.34. The first-order valence-corrected chi connectivity index (χ1v) is 6.91. The molecule has 0 unspecified atom stereocenters. The minimum absolute atomic E-state index is 0.256. The average molecular weight is 262 g/mol. The van der Waals surface area contributed by atoms with Crippen LogP contribution >= 0.6 is 0 Å². The quantitative estimate of drug-likeness (QED) is 0.893. The summed E-state index contributed by atoms with van der Waals surface area (Å²) in [4.78, 5) is 14.1. The third-order valence-electron chi connectivity index (χ3n) is 3.45. The molecule has 19 heavy (non-hydrogen) atoms. The van der Waals surface area contributed by atoms with Crippen LogP contribution in [0.3, 0.4) is 0 Å². The topological polar surface area (TPSA) is 41.6 Å². The van der Waals surface area contributed by atoms with E-state index in [2.05, 4.69) is 5.32 Å². The van der Waals surface area contributed by atoms with Crippen molar-refractivity contribution in [2.75, 3.05) is 33.3 Å². The van der Waals surface area contributed by atoms with Crippen LogP contribution in [0.1, 0.15) is 18.4 Å². The number of methoxy groups -OCH3 is 1. The van der Waals surface area contributed by atoms with Gasteiger partial charge in [-0.3, -0.25) is 4.79 Å². The zero-order valence-electron chi connectivity index (χ0n) is 11.5. The number of benzene rings is 1. The number of nitrogens with one attached hydrogen (secondary N) is 1. The Balaban J connectivity index is 1.84. The van der Waals surface area contributed by atoms with E-state index in [1.807, 2.05) is 29.2 Å². The fourth-order valence-corrected chi connectivity index (χ4v) is 2.33. The molecule has 0 spiro atoms. The van der Waals surface area contributed by atoms with Crippen molar-refractivity contribution < 1.29 is 9.53 Å². The lowest BCUT2D eigenvalue weighted by molar-refractivity contribution is -0.130. The lowest BCUT2D eigenvalue weighted by Gasteiger charge is -2.19. The van der Waals surface area contributed by atoms with Gasteiger partial charge >= 0.3 is 0 Å². The van der Waals surface area contributed by atoms with E-state index in [0.29, 0.717) is 6.42 Å². The predicted octanol–water partition coefficient (Wildman–Crippen LogP) is 1.45. The molecule has 4 nitrogen and oxygen atoms in total. The molecule has 0 radical (unpaired) electrons. The second-order valence-electron chi connectivity index (χ2n) is 4.84. The van der Waals surface area contributed by atoms with Crippen LogP contribution in [0.4, 0.5) is 0 Å². The maximum atomic E-state index is 12.1. The predicted molar refractivity (Wildman–Crippen MR) is 75.4 cm³/mol. The van der Waals surface area contributed by atoms with Crippen LogP contribution < -0.4 is 10.1 Å². The zero-order valence-corrected chi connectivity index (χ0v) is 11.5. The molecule has 1 aliphatic heterocycles. The molecule has 1 amide bonds. The monoisotopic (exact) mass is 262 g/mol. The third-order valence-corrected chi connectivity index (χ3v) is 3.45. The molecule has 0 aliphatic carbocycles. The van der Waals surface area contributed by atoms with Crippen LogP contribution in [-0.4, -0.2) is 44.1 Å². The summed E-state index contributed by atoms with van der Waals surface area (Å²) in [5, 5.41) is 3.31. The molecule has 0 saturated carbocycles. The van der Waals surface area contributed by atoms with Gasteiger partial charge in [0.25, 0.3) is 0 Å². The Kier molecular flexibility index (Phi) is 5.21. The van der Waals surface area contributed by atoms with Crippen molar-refractivity contribution in [3.8, 4) is 5.75 Å². The first-order valence-electron chi connectivity index (χ1n) is 6.91. The largest absolute Gasteiger partial charge is 0.497 e. The summed E-state index contributed by atoms with van der Waals surface area (Å²) in [6, 6.07) is 7.93. The van der Waals surface area contributed by atoms with Crippen LogP contribution in [0.2, 0.25) is 0 Å². The Morgan fingerprint density at radius 3 is 3.11 bits per heavy atom. The van der Waals surface area contributed by atoms with Gasteiger partial charge in [-0.2, -0.15) is 0 Å². The van der Waals surface area contributed by atoms with Gasteiger partial charge in [0.05, 0.1) is 7.11 Å². The minimum atomic E-state index is 0.256. The van der Waals surface area contributed by atoms with Gasteiger partial charge in [-0.25, -0.2) is 0 Å². The SMILES string of the molecule is COc1cccc(CCC(=O)N2CCCNCC2)c1. The summed E-state index contributed by atoms with van der Waals surface area (Å²) in [6.45, 7) is 3.63. The number of aryl methyl sites for hydroxylation is 1. The number of hydrogen-bond acceptors (Lipinski definition) is 3. The third kappa shape index (κ3) is 4.24. The van der Waals surface area contributed by atoms with Crippen molar-refractivity contribution in [1.29, 1.82) is 0 Å². The van der Waals surface area contributed by atoms with Crippen LogP contribution in [0.5, 0.6) is 5.75 Å². The highest BCUT2D eigenvalue weighted by atomic mass is 16.5. The number of carbonyl (C=O) groups excluding carboxylic acids is 1. The van der Waals surface area contributed by atoms with E-state index in [4.69, 9.17) is 4.74 Å². The molecule has 1 aromatic carbocycles. The minimum Gasteiger partial charge on any atom is -0.497 e. The Morgan fingerprint density at radius 2 is 2.26 bits per heavy atom. The summed E-state index contributed by atoms with van der Waals surface area (Å²) in [7, 11) is 1.66. The van der Waals surface area contributed by atoms with Crippen LogP contribution in [0, 0.1) is 0 Å². The van der Waals surface area contributed by atoms with Crippen LogP contribution in [0.15, 0.2) is 24.3 Å². The van der Waals surface area contributed by atoms with Crippen LogP contribution in [-0.2, 0) is 11.2 Å². The van der Waals surface area contributed by atoms with E-state index >= 15 is 0 Å². The first kappa shape index (κ1) is 13.9. The Bertz CT molecular complexity index is 412. The van der Waals surface area contributed by atoms with Crippen LogP contribution in [0.25, 0.3) is 0 Å². The van der Waals surface area contributed by atoms with Gasteiger partial charge in [-0.1, -0.05) is 12.1 Å². The van der Waals surface area contributed by atoms with Gasteiger partial charge in [0.2, 0.25) is 5.91 Å². The van der Waals surface area contributed by atoms with Gasteiger partial charge in [0.1, 0.15) is 5.75 Å². The Morgan fingerprint density at radius 1 is 1.37 bits per heavy atom. The van der Waals surface area contributed by atoms with E-state index in [0.717, 1.165) is 50.3 Å². The summed E-state index contributed by atoms with van der Waals surface area (Å²) in [5.41, 5.74) is 1.15. The Labute approximate surface area is 114 Å². The van der Waals surface area contributed by atoms with Crippen molar-refractivity contribution in [3.63, 3.8) is 0 Å². The standard InChI is InChI=1S/C15H22N2O2/c1-19-14-5-2-4-13(12-14)6-7-15(18)17-10-3-8-16-9-11-17/h2,4-5,12,16H,3,6-11H2,1H3. The second kappa shape index (κ2) is 7.14. The summed E-state index contributed by atoms with van der Waals surface area (Å²) in [6.07, 6.45) is 2.40. The first-order chi connectivity index (χ1) is 9.29. The second-order valence-corrected chi connectivity index (χ2v) is 4.84. The zero-order chi connectivity index (χ0) is 13.5. The maximum Gasteiger partial charge on any atom is 0.222 e. The smallest absolute Gasteiger partial charge is 0.222 e. The highest BCUT2D eigenvalue weighted by Crippen LogP contribution is 2.14. The molecule has 4 heteroatoms. The number of amides is 1. The lowest BCUT2D eigenvalue weighted by atomic mass is 10.1. The molecule has 1 saturated heterocycles. The van der Waals surface area contributed by atoms with E-state index in [1.54, 1.807) is 7.11 Å². The van der Waals surface area contributed by atoms with Crippen molar-refractivity contribution >= 4 is 5.91 Å². The highest BCUT2D eigenvalue weighted by Gasteiger charge is 2.14. The molecule has 2 rings (SSSR count). The van der Waals surface area contributed by atoms with Gasteiger partial charge < -0.3 is 15.0 Å². The number of hydrogen-bond donors (Lipinski definition) is 1. The molecule has 1 aliphatic rings. The molecule has 1 N–H and O–H groups in total. The van der Waals surface area contributed by atoms with Crippen molar-refractivity contribution in [2.24, 2.45) is 0 Å². The molecule has 104 valence electrons. The summed E-state index contributed by atoms with van der Waals surface area (Å²) in [5.74, 6) is 1.11. The molecule has 0 bridgehead atoms. The van der Waals surface area contributed by atoms with Crippen molar-refractivity contribution in [1.82, 2.24) is 10.2 Å².